The highest BCUT2D eigenvalue weighted by Gasteiger charge is 2.35. The Morgan fingerprint density at radius 1 is 0.950 bits per heavy atom. The molecule has 3 heterocycles. The van der Waals surface area contributed by atoms with Gasteiger partial charge in [0.2, 0.25) is 10.9 Å². The highest BCUT2D eigenvalue weighted by molar-refractivity contribution is 7.15. The van der Waals surface area contributed by atoms with Crippen molar-refractivity contribution in [1.82, 2.24) is 14.6 Å². The number of aromatic nitrogens is 3. The average molecular weight is 552 g/mol. The zero-order valence-corrected chi connectivity index (χ0v) is 22.0. The van der Waals surface area contributed by atoms with Crippen molar-refractivity contribution >= 4 is 51.0 Å². The molecule has 2 aromatic heterocycles. The number of benzene rings is 3. The smallest absolute Gasteiger partial charge is 0.338 e. The van der Waals surface area contributed by atoms with Crippen LogP contribution in [0.15, 0.2) is 83.7 Å². The van der Waals surface area contributed by atoms with Gasteiger partial charge in [-0.25, -0.2) is 4.79 Å². The zero-order valence-electron chi connectivity index (χ0n) is 21.2. The van der Waals surface area contributed by atoms with E-state index in [0.717, 1.165) is 16.9 Å². The standard InChI is InChI=1S/C29H21N5O5S/c1-2-39-28(38)18-12-14-19(15-13-18)30-22(35)16-33-21-11-7-6-10-20(21)23(26(33)36)24-27(37)34-29(40-24)31-25(32-34)17-8-4-3-5-9-17/h3-15H,2,16H2,1H3,(H,30,35)/b24-23-. The van der Waals surface area contributed by atoms with Crippen LogP contribution >= 0.6 is 11.3 Å². The number of hydrogen-bond acceptors (Lipinski definition) is 8. The number of carbonyl (C=O) groups is 3. The Balaban J connectivity index is 1.30. The maximum atomic E-state index is 13.6. The van der Waals surface area contributed by atoms with Crippen molar-refractivity contribution in [3.8, 4) is 11.4 Å². The Kier molecular flexibility index (Phi) is 6.40. The predicted octanol–water partition coefficient (Wildman–Crippen LogP) is 2.90. The van der Waals surface area contributed by atoms with Gasteiger partial charge >= 0.3 is 5.97 Å². The number of esters is 1. The largest absolute Gasteiger partial charge is 0.462 e. The lowest BCUT2D eigenvalue weighted by atomic mass is 10.1. The summed E-state index contributed by atoms with van der Waals surface area (Å²) < 4.78 is 6.40. The third kappa shape index (κ3) is 4.41. The van der Waals surface area contributed by atoms with E-state index in [-0.39, 0.29) is 23.3 Å². The van der Waals surface area contributed by atoms with Crippen molar-refractivity contribution in [2.75, 3.05) is 23.4 Å². The molecule has 10 nitrogen and oxygen atoms in total. The van der Waals surface area contributed by atoms with Crippen LogP contribution in [0.25, 0.3) is 21.9 Å². The van der Waals surface area contributed by atoms with E-state index in [1.807, 2.05) is 30.3 Å². The lowest BCUT2D eigenvalue weighted by molar-refractivity contribution is -0.118. The molecule has 0 spiro atoms. The predicted molar refractivity (Wildman–Crippen MR) is 150 cm³/mol. The van der Waals surface area contributed by atoms with E-state index in [4.69, 9.17) is 4.74 Å². The number of thiazole rings is 1. The van der Waals surface area contributed by atoms with Crippen molar-refractivity contribution in [1.29, 1.82) is 0 Å². The molecule has 3 aromatic carbocycles. The number of fused-ring (bicyclic) bond motifs is 2. The van der Waals surface area contributed by atoms with E-state index >= 15 is 0 Å². The second-order valence-corrected chi connectivity index (χ2v) is 9.84. The molecule has 2 amide bonds. The number of hydrogen-bond donors (Lipinski definition) is 1. The number of nitrogens with one attached hydrogen (secondary N) is 1. The molecule has 0 unspecified atom stereocenters. The summed E-state index contributed by atoms with van der Waals surface area (Å²) >= 11 is 1.09. The third-order valence-electron chi connectivity index (χ3n) is 6.32. The molecule has 40 heavy (non-hydrogen) atoms. The molecule has 5 aromatic rings. The molecule has 0 atom stereocenters. The van der Waals surface area contributed by atoms with Gasteiger partial charge in [0, 0.05) is 16.8 Å². The summed E-state index contributed by atoms with van der Waals surface area (Å²) in [5, 5.41) is 7.12. The van der Waals surface area contributed by atoms with Gasteiger partial charge in [-0.05, 0) is 37.3 Å². The fraction of sp³-hybridized carbons (Fsp3) is 0.103. The van der Waals surface area contributed by atoms with Crippen molar-refractivity contribution in [2.24, 2.45) is 0 Å². The van der Waals surface area contributed by atoms with Gasteiger partial charge in [-0.15, -0.1) is 5.10 Å². The summed E-state index contributed by atoms with van der Waals surface area (Å²) in [6.45, 7) is 1.71. The van der Waals surface area contributed by atoms with Crippen molar-refractivity contribution in [3.63, 3.8) is 0 Å². The van der Waals surface area contributed by atoms with Crippen LogP contribution in [0.4, 0.5) is 11.4 Å². The summed E-state index contributed by atoms with van der Waals surface area (Å²) in [7, 11) is 0. The first-order chi connectivity index (χ1) is 19.4. The van der Waals surface area contributed by atoms with Crippen LogP contribution < -0.4 is 20.3 Å². The van der Waals surface area contributed by atoms with Gasteiger partial charge in [-0.1, -0.05) is 59.9 Å². The maximum absolute atomic E-state index is 13.6. The summed E-state index contributed by atoms with van der Waals surface area (Å²) in [4.78, 5) is 58.0. The number of nitrogens with zero attached hydrogens (tertiary/aromatic N) is 4. The monoisotopic (exact) mass is 551 g/mol. The second-order valence-electron chi connectivity index (χ2n) is 8.86. The van der Waals surface area contributed by atoms with Gasteiger partial charge in [0.15, 0.2) is 5.82 Å². The normalized spacial score (nSPS) is 13.9. The minimum Gasteiger partial charge on any atom is -0.462 e. The van der Waals surface area contributed by atoms with Crippen LogP contribution in [0.3, 0.4) is 0 Å². The van der Waals surface area contributed by atoms with Crippen LogP contribution in [-0.2, 0) is 14.3 Å². The third-order valence-corrected chi connectivity index (χ3v) is 7.35. The van der Waals surface area contributed by atoms with E-state index in [1.165, 1.54) is 9.42 Å². The maximum Gasteiger partial charge on any atom is 0.338 e. The fourth-order valence-electron chi connectivity index (χ4n) is 4.50. The fourth-order valence-corrected chi connectivity index (χ4v) is 5.50. The SMILES string of the molecule is CCOC(=O)c1ccc(NC(=O)CN2C(=O)/C(=c3\sc4nc(-c5ccccc5)nn4c3=O)c3ccccc32)cc1. The molecule has 11 heteroatoms. The molecule has 1 N–H and O–H groups in total. The first kappa shape index (κ1) is 25.1. The van der Waals surface area contributed by atoms with Crippen LogP contribution in [0.2, 0.25) is 0 Å². The molecular formula is C29H21N5O5S. The average Bonchev–Trinajstić information content (AvgIpc) is 3.60. The summed E-state index contributed by atoms with van der Waals surface area (Å²) in [5.74, 6) is -0.926. The van der Waals surface area contributed by atoms with Crippen molar-refractivity contribution in [3.05, 3.63) is 105 Å². The van der Waals surface area contributed by atoms with Gasteiger partial charge in [-0.2, -0.15) is 9.50 Å². The van der Waals surface area contributed by atoms with Crippen molar-refractivity contribution in [2.45, 2.75) is 6.92 Å². The molecule has 198 valence electrons. The van der Waals surface area contributed by atoms with Crippen LogP contribution in [0.5, 0.6) is 0 Å². The number of para-hydroxylation sites is 1. The summed E-state index contributed by atoms with van der Waals surface area (Å²) in [6, 6.07) is 22.6. The van der Waals surface area contributed by atoms with Gasteiger partial charge in [0.1, 0.15) is 11.1 Å². The topological polar surface area (TPSA) is 123 Å². The molecule has 0 saturated carbocycles. The first-order valence-electron chi connectivity index (χ1n) is 12.4. The van der Waals surface area contributed by atoms with Gasteiger partial charge < -0.3 is 10.1 Å². The van der Waals surface area contributed by atoms with Gasteiger partial charge in [-0.3, -0.25) is 19.3 Å². The summed E-state index contributed by atoms with van der Waals surface area (Å²) in [6.07, 6.45) is 0. The molecule has 0 bridgehead atoms. The molecular weight excluding hydrogens is 530 g/mol. The summed E-state index contributed by atoms with van der Waals surface area (Å²) in [5.41, 5.74) is 2.46. The van der Waals surface area contributed by atoms with E-state index in [9.17, 15) is 19.2 Å². The Morgan fingerprint density at radius 2 is 1.68 bits per heavy atom. The zero-order chi connectivity index (χ0) is 27.8. The van der Waals surface area contributed by atoms with Crippen LogP contribution in [-0.4, -0.2) is 45.5 Å². The molecule has 0 fully saturated rings. The minimum atomic E-state index is -0.459. The number of anilines is 2. The number of rotatable bonds is 6. The molecule has 6 rings (SSSR count). The Morgan fingerprint density at radius 3 is 2.40 bits per heavy atom. The van der Waals surface area contributed by atoms with Crippen LogP contribution in [0.1, 0.15) is 22.8 Å². The van der Waals surface area contributed by atoms with Crippen LogP contribution in [0, 0.1) is 0 Å². The van der Waals surface area contributed by atoms with Gasteiger partial charge in [0.25, 0.3) is 11.5 Å². The minimum absolute atomic E-state index is 0.213. The Bertz CT molecular complexity index is 1900. The van der Waals surface area contributed by atoms with E-state index in [0.29, 0.717) is 33.3 Å². The first-order valence-corrected chi connectivity index (χ1v) is 13.2. The van der Waals surface area contributed by atoms with E-state index in [1.54, 1.807) is 55.5 Å². The van der Waals surface area contributed by atoms with E-state index < -0.39 is 23.3 Å². The van der Waals surface area contributed by atoms with Crippen molar-refractivity contribution < 1.29 is 19.1 Å². The highest BCUT2D eigenvalue weighted by Crippen LogP contribution is 2.35. The Hall–Kier alpha value is -5.16. The lowest BCUT2D eigenvalue weighted by Gasteiger charge is -2.16. The number of ether oxygens (including phenoxy) is 1. The second kappa shape index (κ2) is 10.2. The number of carbonyl (C=O) groups excluding carboxylic acids is 3. The molecule has 0 radical (unpaired) electrons. The van der Waals surface area contributed by atoms with Gasteiger partial charge in [0.05, 0.1) is 23.4 Å². The lowest BCUT2D eigenvalue weighted by Crippen LogP contribution is -2.37. The molecule has 1 aliphatic rings. The Labute approximate surface area is 231 Å². The molecule has 0 saturated heterocycles. The molecule has 1 aliphatic heterocycles. The quantitative estimate of drug-likeness (QED) is 0.322. The van der Waals surface area contributed by atoms with E-state index in [2.05, 4.69) is 15.4 Å². The highest BCUT2D eigenvalue weighted by atomic mass is 32.1. The molecule has 0 aliphatic carbocycles. The number of amides is 2.